The van der Waals surface area contributed by atoms with Gasteiger partial charge in [0, 0.05) is 13.1 Å². The zero-order chi connectivity index (χ0) is 8.43. The van der Waals surface area contributed by atoms with Gasteiger partial charge in [0.05, 0.1) is 6.04 Å². The molecule has 1 fully saturated rings. The maximum Gasteiger partial charge on any atom is 0.239 e. The van der Waals surface area contributed by atoms with Crippen molar-refractivity contribution in [2.75, 3.05) is 13.1 Å². The molecule has 0 aromatic heterocycles. The third-order valence-electron chi connectivity index (χ3n) is 2.17. The van der Waals surface area contributed by atoms with Crippen molar-refractivity contribution in [1.29, 1.82) is 0 Å². The quantitative estimate of drug-likeness (QED) is 0.698. The van der Waals surface area contributed by atoms with E-state index in [-0.39, 0.29) is 30.3 Å². The van der Waals surface area contributed by atoms with Crippen LogP contribution in [0, 0.1) is 5.92 Å². The Labute approximate surface area is 79.7 Å². The van der Waals surface area contributed by atoms with Crippen LogP contribution in [0.1, 0.15) is 20.3 Å². The highest BCUT2D eigenvalue weighted by Gasteiger charge is 2.26. The third-order valence-corrected chi connectivity index (χ3v) is 2.17. The van der Waals surface area contributed by atoms with E-state index in [1.165, 1.54) is 0 Å². The predicted molar refractivity (Wildman–Crippen MR) is 51.3 cm³/mol. The SMILES string of the molecule is CC(C)C(N)C(=O)N1CCC1.Cl. The molecule has 1 aliphatic heterocycles. The molecule has 1 rings (SSSR count). The lowest BCUT2D eigenvalue weighted by molar-refractivity contribution is -0.137. The first kappa shape index (κ1) is 11.7. The fraction of sp³-hybridized carbons (Fsp3) is 0.875. The number of halogens is 1. The summed E-state index contributed by atoms with van der Waals surface area (Å²) in [6.45, 7) is 5.75. The van der Waals surface area contributed by atoms with Gasteiger partial charge >= 0.3 is 0 Å². The molecule has 0 radical (unpaired) electrons. The van der Waals surface area contributed by atoms with Gasteiger partial charge in [0.2, 0.25) is 5.91 Å². The summed E-state index contributed by atoms with van der Waals surface area (Å²) in [6.07, 6.45) is 1.14. The van der Waals surface area contributed by atoms with Crippen molar-refractivity contribution in [3.05, 3.63) is 0 Å². The number of likely N-dealkylation sites (tertiary alicyclic amines) is 1. The number of hydrogen-bond acceptors (Lipinski definition) is 2. The molecule has 72 valence electrons. The number of hydrogen-bond donors (Lipinski definition) is 1. The van der Waals surface area contributed by atoms with Crippen molar-refractivity contribution in [3.63, 3.8) is 0 Å². The summed E-state index contributed by atoms with van der Waals surface area (Å²) in [5, 5.41) is 0. The fourth-order valence-corrected chi connectivity index (χ4v) is 1.03. The van der Waals surface area contributed by atoms with Crippen LogP contribution < -0.4 is 5.73 Å². The van der Waals surface area contributed by atoms with Crippen LogP contribution >= 0.6 is 12.4 Å². The molecule has 4 heteroatoms. The van der Waals surface area contributed by atoms with Crippen molar-refractivity contribution in [3.8, 4) is 0 Å². The van der Waals surface area contributed by atoms with Crippen LogP contribution in [0.5, 0.6) is 0 Å². The number of nitrogens with two attached hydrogens (primary N) is 1. The molecule has 0 aliphatic carbocycles. The predicted octanol–water partition coefficient (Wildman–Crippen LogP) is 0.624. The average Bonchev–Trinajstić information content (AvgIpc) is 1.82. The normalized spacial score (nSPS) is 18.2. The van der Waals surface area contributed by atoms with E-state index in [1.54, 1.807) is 0 Å². The van der Waals surface area contributed by atoms with Gasteiger partial charge in [0.15, 0.2) is 0 Å². The summed E-state index contributed by atoms with van der Waals surface area (Å²) in [4.78, 5) is 13.2. The van der Waals surface area contributed by atoms with Gasteiger partial charge in [-0.3, -0.25) is 4.79 Å². The highest BCUT2D eigenvalue weighted by Crippen LogP contribution is 2.10. The Bertz CT molecular complexity index is 157. The van der Waals surface area contributed by atoms with E-state index in [4.69, 9.17) is 5.73 Å². The standard InChI is InChI=1S/C8H16N2O.ClH/c1-6(2)7(9)8(11)10-4-3-5-10;/h6-7H,3-5,9H2,1-2H3;1H. The number of rotatable bonds is 2. The Hall–Kier alpha value is -0.280. The minimum atomic E-state index is -0.296. The highest BCUT2D eigenvalue weighted by atomic mass is 35.5. The smallest absolute Gasteiger partial charge is 0.239 e. The van der Waals surface area contributed by atoms with Gasteiger partial charge in [0.1, 0.15) is 0 Å². The van der Waals surface area contributed by atoms with E-state index in [0.717, 1.165) is 19.5 Å². The molecule has 1 aliphatic rings. The zero-order valence-corrected chi connectivity index (χ0v) is 8.43. The summed E-state index contributed by atoms with van der Waals surface area (Å²) >= 11 is 0. The molecular weight excluding hydrogens is 176 g/mol. The Balaban J connectivity index is 0.00000121. The van der Waals surface area contributed by atoms with Crippen molar-refractivity contribution in [2.24, 2.45) is 11.7 Å². The second kappa shape index (κ2) is 4.67. The van der Waals surface area contributed by atoms with Crippen molar-refractivity contribution >= 4 is 18.3 Å². The second-order valence-electron chi connectivity index (χ2n) is 3.45. The molecule has 1 saturated heterocycles. The zero-order valence-electron chi connectivity index (χ0n) is 7.62. The summed E-state index contributed by atoms with van der Waals surface area (Å²) in [7, 11) is 0. The van der Waals surface area contributed by atoms with Gasteiger partial charge < -0.3 is 10.6 Å². The minimum absolute atomic E-state index is 0. The molecule has 0 aromatic rings. The van der Waals surface area contributed by atoms with Gasteiger partial charge in [-0.05, 0) is 12.3 Å². The monoisotopic (exact) mass is 192 g/mol. The fourth-order valence-electron chi connectivity index (χ4n) is 1.03. The lowest BCUT2D eigenvalue weighted by atomic mass is 10.0. The topological polar surface area (TPSA) is 46.3 Å². The number of nitrogens with zero attached hydrogens (tertiary/aromatic N) is 1. The van der Waals surface area contributed by atoms with Crippen molar-refractivity contribution in [2.45, 2.75) is 26.3 Å². The Morgan fingerprint density at radius 2 is 1.92 bits per heavy atom. The summed E-state index contributed by atoms with van der Waals surface area (Å²) in [5.41, 5.74) is 5.68. The summed E-state index contributed by atoms with van der Waals surface area (Å²) < 4.78 is 0. The van der Waals surface area contributed by atoms with Gasteiger partial charge in [0.25, 0.3) is 0 Å². The Kier molecular flexibility index (Phi) is 4.57. The molecule has 1 heterocycles. The van der Waals surface area contributed by atoms with Gasteiger partial charge in [-0.25, -0.2) is 0 Å². The maximum atomic E-state index is 11.4. The lowest BCUT2D eigenvalue weighted by Crippen LogP contribution is -2.51. The number of amides is 1. The summed E-state index contributed by atoms with van der Waals surface area (Å²) in [5.74, 6) is 0.370. The first-order valence-electron chi connectivity index (χ1n) is 4.17. The van der Waals surface area contributed by atoms with E-state index < -0.39 is 0 Å². The molecule has 1 amide bonds. The van der Waals surface area contributed by atoms with Crippen LogP contribution in [0.15, 0.2) is 0 Å². The van der Waals surface area contributed by atoms with Gasteiger partial charge in [-0.1, -0.05) is 13.8 Å². The molecule has 2 N–H and O–H groups in total. The number of carbonyl (C=O) groups excluding carboxylic acids is 1. The van der Waals surface area contributed by atoms with Crippen molar-refractivity contribution in [1.82, 2.24) is 4.90 Å². The first-order chi connectivity index (χ1) is 5.13. The molecule has 3 nitrogen and oxygen atoms in total. The van der Waals surface area contributed by atoms with Gasteiger partial charge in [-0.15, -0.1) is 12.4 Å². The molecular formula is C8H17ClN2O. The van der Waals surface area contributed by atoms with Crippen molar-refractivity contribution < 1.29 is 4.79 Å². The minimum Gasteiger partial charge on any atom is -0.341 e. The van der Waals surface area contributed by atoms with E-state index in [1.807, 2.05) is 18.7 Å². The molecule has 1 unspecified atom stereocenters. The van der Waals surface area contributed by atoms with E-state index in [0.29, 0.717) is 0 Å². The molecule has 0 saturated carbocycles. The largest absolute Gasteiger partial charge is 0.341 e. The van der Waals surface area contributed by atoms with E-state index >= 15 is 0 Å². The maximum absolute atomic E-state index is 11.4. The average molecular weight is 193 g/mol. The highest BCUT2D eigenvalue weighted by molar-refractivity contribution is 5.85. The van der Waals surface area contributed by atoms with E-state index in [2.05, 4.69) is 0 Å². The molecule has 12 heavy (non-hydrogen) atoms. The van der Waals surface area contributed by atoms with Crippen LogP contribution in [0.2, 0.25) is 0 Å². The van der Waals surface area contributed by atoms with Crippen LogP contribution in [0.3, 0.4) is 0 Å². The Morgan fingerprint density at radius 3 is 2.17 bits per heavy atom. The molecule has 0 spiro atoms. The molecule has 1 atom stereocenters. The Morgan fingerprint density at radius 1 is 1.42 bits per heavy atom. The molecule has 0 bridgehead atoms. The number of carbonyl (C=O) groups is 1. The van der Waals surface area contributed by atoms with Crippen LogP contribution in [0.4, 0.5) is 0 Å². The first-order valence-corrected chi connectivity index (χ1v) is 4.17. The van der Waals surface area contributed by atoms with Crippen LogP contribution in [-0.2, 0) is 4.79 Å². The van der Waals surface area contributed by atoms with Crippen LogP contribution in [-0.4, -0.2) is 29.9 Å². The lowest BCUT2D eigenvalue weighted by Gasteiger charge is -2.33. The third kappa shape index (κ3) is 2.35. The van der Waals surface area contributed by atoms with Crippen LogP contribution in [0.25, 0.3) is 0 Å². The second-order valence-corrected chi connectivity index (χ2v) is 3.45. The van der Waals surface area contributed by atoms with E-state index in [9.17, 15) is 4.79 Å². The molecule has 0 aromatic carbocycles. The summed E-state index contributed by atoms with van der Waals surface area (Å²) in [6, 6.07) is -0.296. The van der Waals surface area contributed by atoms with Gasteiger partial charge in [-0.2, -0.15) is 0 Å².